The topological polar surface area (TPSA) is 40.1 Å². The van der Waals surface area contributed by atoms with Crippen molar-refractivity contribution in [1.82, 2.24) is 0 Å². The molecule has 0 heterocycles. The minimum absolute atomic E-state index is 0. The molecule has 0 spiro atoms. The van der Waals surface area contributed by atoms with E-state index in [0.29, 0.717) is 0 Å². The second-order valence-electron chi connectivity index (χ2n) is 0.331. The fourth-order valence-corrected chi connectivity index (χ4v) is 0. The molecule has 0 aliphatic carbocycles. The van der Waals surface area contributed by atoms with Gasteiger partial charge in [-0.2, -0.15) is 0 Å². The van der Waals surface area contributed by atoms with Crippen LogP contribution >= 0.6 is 8.69 Å². The Morgan fingerprint density at radius 1 is 1.38 bits per heavy atom. The summed E-state index contributed by atoms with van der Waals surface area (Å²) in [6, 6.07) is 0. The summed E-state index contributed by atoms with van der Waals surface area (Å²) in [6.45, 7) is 0. The van der Waals surface area contributed by atoms with Crippen molar-refractivity contribution in [3.63, 3.8) is 0 Å². The maximum absolute atomic E-state index is 9.67. The van der Waals surface area contributed by atoms with Crippen LogP contribution in [0.25, 0.3) is 0 Å². The van der Waals surface area contributed by atoms with Crippen molar-refractivity contribution in [2.24, 2.45) is 0 Å². The molecule has 1 unspecified atom stereocenters. The minimum atomic E-state index is -3.67. The van der Waals surface area contributed by atoms with Crippen molar-refractivity contribution in [3.8, 4) is 0 Å². The molecule has 0 N–H and O–H groups in total. The number of hydrogen-bond acceptors (Lipinski definition) is 2. The van der Waals surface area contributed by atoms with E-state index in [9.17, 15) is 12.9 Å². The molecule has 8 heavy (non-hydrogen) atoms. The summed E-state index contributed by atoms with van der Waals surface area (Å²) < 4.78 is 37.4. The summed E-state index contributed by atoms with van der Waals surface area (Å²) in [7, 11) is -5.08. The third-order valence-corrected chi connectivity index (χ3v) is 0. The van der Waals surface area contributed by atoms with Crippen molar-refractivity contribution < 1.29 is 41.3 Å². The first-order valence-corrected chi connectivity index (χ1v) is 1.88. The monoisotopic (exact) mass is 139 g/mol. The van der Waals surface area contributed by atoms with Gasteiger partial charge in [-0.05, 0) is 0 Å². The second kappa shape index (κ2) is 15.6. The average Bonchev–Trinajstić information content (AvgIpc) is 1.33. The standard InChI is InChI=1S/BF3.Li.HO2P/c2-1(3)4;;1-3-2/h;;3H/q;+1;. The van der Waals surface area contributed by atoms with Crippen LogP contribution in [-0.4, -0.2) is 7.54 Å². The van der Waals surface area contributed by atoms with Crippen molar-refractivity contribution >= 4 is 16.2 Å². The van der Waals surface area contributed by atoms with E-state index in [1.807, 2.05) is 0 Å². The summed E-state index contributed by atoms with van der Waals surface area (Å²) in [4.78, 5) is 8.40. The molecule has 1 atom stereocenters. The SMILES string of the molecule is FB(F)F.O=[PH+][O-].[Li+]. The van der Waals surface area contributed by atoms with Gasteiger partial charge in [0.1, 0.15) is 0 Å². The maximum Gasteiger partial charge on any atom is 1.00 e. The molecule has 0 aliphatic heterocycles. The fraction of sp³-hybridized carbons (Fsp3) is 0. The Hall–Kier alpha value is 0.512. The molecular formula is HBF3LiO2P+. The normalized spacial score (nSPS) is 6.00. The first-order valence-electron chi connectivity index (χ1n) is 1.06. The number of halogens is 3. The third kappa shape index (κ3) is 754. The van der Waals surface area contributed by atoms with Gasteiger partial charge in [0.25, 0.3) is 8.69 Å². The summed E-state index contributed by atoms with van der Waals surface area (Å²) in [6.07, 6.45) is 0. The van der Waals surface area contributed by atoms with Gasteiger partial charge in [0, 0.05) is 0 Å². The Morgan fingerprint density at radius 2 is 1.38 bits per heavy atom. The van der Waals surface area contributed by atoms with E-state index >= 15 is 0 Å². The molecule has 0 fully saturated rings. The first kappa shape index (κ1) is 15.8. The minimum Gasteiger partial charge on any atom is -0.597 e. The quantitative estimate of drug-likeness (QED) is 0.268. The van der Waals surface area contributed by atoms with Gasteiger partial charge in [-0.3, -0.25) is 12.9 Å². The Kier molecular flexibility index (Phi) is 30.9. The molecule has 0 aromatic rings. The molecule has 0 saturated carbocycles. The van der Waals surface area contributed by atoms with Gasteiger partial charge in [0.05, 0.1) is 0 Å². The van der Waals surface area contributed by atoms with E-state index in [2.05, 4.69) is 0 Å². The molecule has 42 valence electrons. The van der Waals surface area contributed by atoms with Gasteiger partial charge < -0.3 is 4.89 Å². The molecule has 0 aromatic carbocycles. The van der Waals surface area contributed by atoms with Gasteiger partial charge in [-0.25, -0.2) is 0 Å². The van der Waals surface area contributed by atoms with Crippen molar-refractivity contribution in [3.05, 3.63) is 0 Å². The smallest absolute Gasteiger partial charge is 0.597 e. The van der Waals surface area contributed by atoms with Gasteiger partial charge in [0.2, 0.25) is 0 Å². The van der Waals surface area contributed by atoms with Crippen molar-refractivity contribution in [1.29, 1.82) is 0 Å². The van der Waals surface area contributed by atoms with Gasteiger partial charge in [0.15, 0.2) is 0 Å². The van der Waals surface area contributed by atoms with Crippen LogP contribution < -0.4 is 23.8 Å². The van der Waals surface area contributed by atoms with Crippen LogP contribution in [0, 0.1) is 0 Å². The Morgan fingerprint density at radius 3 is 1.38 bits per heavy atom. The summed E-state index contributed by atoms with van der Waals surface area (Å²) in [5, 5.41) is 0. The molecule has 8 heteroatoms. The molecule has 0 bridgehead atoms. The Balaban J connectivity index is -0.0000000575. The number of hydrogen-bond donors (Lipinski definition) is 0. The van der Waals surface area contributed by atoms with E-state index < -0.39 is 16.2 Å². The molecule has 0 aliphatic rings. The van der Waals surface area contributed by atoms with E-state index in [0.717, 1.165) is 0 Å². The van der Waals surface area contributed by atoms with E-state index in [1.165, 1.54) is 0 Å². The molecule has 0 amide bonds. The van der Waals surface area contributed by atoms with Gasteiger partial charge in [-0.15, -0.1) is 0 Å². The van der Waals surface area contributed by atoms with Crippen molar-refractivity contribution in [2.45, 2.75) is 0 Å². The zero-order chi connectivity index (χ0) is 6.28. The Bertz CT molecular complexity index is 41.5. The third-order valence-electron chi connectivity index (χ3n) is 0. The summed E-state index contributed by atoms with van der Waals surface area (Å²) in [5.74, 6) is 0. The van der Waals surface area contributed by atoms with Crippen LogP contribution in [0.5, 0.6) is 0 Å². The molecule has 0 rings (SSSR count). The molecule has 2 nitrogen and oxygen atoms in total. The van der Waals surface area contributed by atoms with Crippen molar-refractivity contribution in [2.75, 3.05) is 0 Å². The largest absolute Gasteiger partial charge is 1.00 e. The first-order chi connectivity index (χ1) is 3.15. The van der Waals surface area contributed by atoms with Gasteiger partial charge >= 0.3 is 26.4 Å². The van der Waals surface area contributed by atoms with Crippen LogP contribution in [0.1, 0.15) is 0 Å². The average molecular weight is 139 g/mol. The zero-order valence-electron chi connectivity index (χ0n) is 4.03. The summed E-state index contributed by atoms with van der Waals surface area (Å²) in [5.41, 5.74) is 0. The zero-order valence-corrected chi connectivity index (χ0v) is 5.03. The van der Waals surface area contributed by atoms with Crippen LogP contribution in [0.4, 0.5) is 12.9 Å². The molecular weight excluding hydrogens is 138 g/mol. The number of rotatable bonds is 0. The van der Waals surface area contributed by atoms with E-state index in [4.69, 9.17) is 9.46 Å². The fourth-order valence-electron chi connectivity index (χ4n) is 0. The van der Waals surface area contributed by atoms with E-state index in [1.54, 1.807) is 0 Å². The predicted molar refractivity (Wildman–Crippen MR) is 18.1 cm³/mol. The predicted octanol–water partition coefficient (Wildman–Crippen LogP) is -2.83. The van der Waals surface area contributed by atoms with Crippen LogP contribution in [-0.2, 0) is 4.57 Å². The van der Waals surface area contributed by atoms with Gasteiger partial charge in [-0.1, -0.05) is 4.57 Å². The van der Waals surface area contributed by atoms with Crippen LogP contribution in [0.3, 0.4) is 0 Å². The summed E-state index contributed by atoms with van der Waals surface area (Å²) >= 11 is 0. The second-order valence-corrected chi connectivity index (χ2v) is 0.497. The maximum atomic E-state index is 9.67. The Labute approximate surface area is 58.1 Å². The van der Waals surface area contributed by atoms with Crippen LogP contribution in [0.2, 0.25) is 0 Å². The van der Waals surface area contributed by atoms with E-state index in [-0.39, 0.29) is 18.9 Å². The van der Waals surface area contributed by atoms with Crippen LogP contribution in [0.15, 0.2) is 0 Å². The molecule has 0 saturated heterocycles. The molecule has 0 aromatic heterocycles. The molecule has 0 radical (unpaired) electrons.